The second kappa shape index (κ2) is 7.01. The maximum absolute atomic E-state index is 12.8. The number of benzene rings is 1. The molecular formula is C19H21N5OS. The molecule has 2 atom stereocenters. The maximum Gasteiger partial charge on any atom is 0.231 e. The van der Waals surface area contributed by atoms with Crippen molar-refractivity contribution in [2.24, 2.45) is 13.0 Å². The Balaban J connectivity index is 1.49. The first-order chi connectivity index (χ1) is 12.6. The number of amides is 1. The van der Waals surface area contributed by atoms with E-state index in [4.69, 9.17) is 0 Å². The second-order valence-corrected chi connectivity index (χ2v) is 7.52. The normalized spacial score (nSPS) is 19.6. The van der Waals surface area contributed by atoms with Crippen LogP contribution < -0.4 is 10.6 Å². The van der Waals surface area contributed by atoms with Gasteiger partial charge in [-0.3, -0.25) is 9.48 Å². The standard InChI is InChI=1S/C19H21N5OS/c1-12-5-3-4-6-14(12)17-11-26-19(22-17)23-18(25)16-9-20-8-15(16)13-7-21-24(2)10-13/h3-7,10-11,15-16,20H,8-9H2,1-2H3,(H,22,23,25)/t15-,16+/m1/s1. The van der Waals surface area contributed by atoms with E-state index >= 15 is 0 Å². The highest BCUT2D eigenvalue weighted by Crippen LogP contribution is 2.31. The van der Waals surface area contributed by atoms with Crippen LogP contribution in [0.4, 0.5) is 5.13 Å². The Morgan fingerprint density at radius 3 is 2.96 bits per heavy atom. The van der Waals surface area contributed by atoms with Crippen molar-refractivity contribution < 1.29 is 4.79 Å². The van der Waals surface area contributed by atoms with Gasteiger partial charge in [-0.1, -0.05) is 24.3 Å². The first-order valence-electron chi connectivity index (χ1n) is 8.63. The van der Waals surface area contributed by atoms with Gasteiger partial charge in [0, 0.05) is 43.2 Å². The first-order valence-corrected chi connectivity index (χ1v) is 9.51. The fourth-order valence-corrected chi connectivity index (χ4v) is 4.16. The summed E-state index contributed by atoms with van der Waals surface area (Å²) in [5, 5.41) is 13.2. The maximum atomic E-state index is 12.8. The van der Waals surface area contributed by atoms with Crippen LogP contribution in [-0.2, 0) is 11.8 Å². The van der Waals surface area contributed by atoms with Gasteiger partial charge in [0.05, 0.1) is 17.8 Å². The number of hydrogen-bond acceptors (Lipinski definition) is 5. The van der Waals surface area contributed by atoms with E-state index in [0.29, 0.717) is 11.7 Å². The van der Waals surface area contributed by atoms with E-state index in [2.05, 4.69) is 39.8 Å². The predicted octanol–water partition coefficient (Wildman–Crippen LogP) is 2.79. The molecule has 1 saturated heterocycles. The molecule has 0 radical (unpaired) electrons. The fourth-order valence-electron chi connectivity index (χ4n) is 3.45. The number of rotatable bonds is 4. The molecule has 0 aliphatic carbocycles. The topological polar surface area (TPSA) is 71.8 Å². The van der Waals surface area contributed by atoms with E-state index in [9.17, 15) is 4.79 Å². The van der Waals surface area contributed by atoms with Gasteiger partial charge >= 0.3 is 0 Å². The smallest absolute Gasteiger partial charge is 0.231 e. The molecule has 1 aliphatic heterocycles. The Morgan fingerprint density at radius 1 is 1.35 bits per heavy atom. The zero-order valence-corrected chi connectivity index (χ0v) is 15.6. The number of nitrogens with one attached hydrogen (secondary N) is 2. The summed E-state index contributed by atoms with van der Waals surface area (Å²) >= 11 is 1.46. The summed E-state index contributed by atoms with van der Waals surface area (Å²) in [5.74, 6) is 0.0269. The van der Waals surface area contributed by atoms with Crippen LogP contribution in [0.15, 0.2) is 42.0 Å². The number of aryl methyl sites for hydroxylation is 2. The minimum Gasteiger partial charge on any atom is -0.315 e. The molecule has 26 heavy (non-hydrogen) atoms. The van der Waals surface area contributed by atoms with Gasteiger partial charge in [-0.25, -0.2) is 4.98 Å². The van der Waals surface area contributed by atoms with Gasteiger partial charge in [0.25, 0.3) is 0 Å². The molecule has 3 heterocycles. The van der Waals surface area contributed by atoms with Crippen LogP contribution in [-0.4, -0.2) is 33.8 Å². The quantitative estimate of drug-likeness (QED) is 0.744. The summed E-state index contributed by atoms with van der Waals surface area (Å²) in [4.78, 5) is 17.4. The van der Waals surface area contributed by atoms with Crippen LogP contribution in [0.2, 0.25) is 0 Å². The number of nitrogens with zero attached hydrogens (tertiary/aromatic N) is 3. The monoisotopic (exact) mass is 367 g/mol. The Bertz CT molecular complexity index is 931. The van der Waals surface area contributed by atoms with Crippen LogP contribution in [0.5, 0.6) is 0 Å². The molecule has 2 aromatic heterocycles. The lowest BCUT2D eigenvalue weighted by Gasteiger charge is -2.15. The molecule has 0 saturated carbocycles. The van der Waals surface area contributed by atoms with E-state index in [1.807, 2.05) is 37.0 Å². The molecule has 2 N–H and O–H groups in total. The Morgan fingerprint density at radius 2 is 2.19 bits per heavy atom. The van der Waals surface area contributed by atoms with Gasteiger partial charge in [0.1, 0.15) is 0 Å². The predicted molar refractivity (Wildman–Crippen MR) is 103 cm³/mol. The molecule has 1 aromatic carbocycles. The average Bonchev–Trinajstić information content (AvgIpc) is 3.35. The van der Waals surface area contributed by atoms with Crippen molar-refractivity contribution in [2.75, 3.05) is 18.4 Å². The molecule has 4 rings (SSSR count). The van der Waals surface area contributed by atoms with Gasteiger partial charge in [-0.05, 0) is 18.1 Å². The highest BCUT2D eigenvalue weighted by Gasteiger charge is 2.35. The fraction of sp³-hybridized carbons (Fsp3) is 0.316. The highest BCUT2D eigenvalue weighted by atomic mass is 32.1. The second-order valence-electron chi connectivity index (χ2n) is 6.66. The Hall–Kier alpha value is -2.51. The molecule has 3 aromatic rings. The van der Waals surface area contributed by atoms with Crippen molar-refractivity contribution in [3.05, 3.63) is 53.2 Å². The minimum absolute atomic E-state index is 0.00883. The molecule has 1 amide bonds. The van der Waals surface area contributed by atoms with Gasteiger partial charge in [0.2, 0.25) is 5.91 Å². The largest absolute Gasteiger partial charge is 0.315 e. The molecule has 0 spiro atoms. The first kappa shape index (κ1) is 16.9. The number of carbonyl (C=O) groups excluding carboxylic acids is 1. The SMILES string of the molecule is Cc1ccccc1-c1csc(NC(=O)[C@H]2CNC[C@@H]2c2cnn(C)c2)n1. The third kappa shape index (κ3) is 3.27. The summed E-state index contributed by atoms with van der Waals surface area (Å²) in [7, 11) is 1.89. The molecule has 1 aliphatic rings. The number of anilines is 1. The van der Waals surface area contributed by atoms with Gasteiger partial charge < -0.3 is 10.6 Å². The zero-order valence-electron chi connectivity index (χ0n) is 14.8. The summed E-state index contributed by atoms with van der Waals surface area (Å²) in [6.45, 7) is 3.52. The summed E-state index contributed by atoms with van der Waals surface area (Å²) in [6, 6.07) is 8.13. The van der Waals surface area contributed by atoms with Crippen LogP contribution in [0, 0.1) is 12.8 Å². The summed E-state index contributed by atoms with van der Waals surface area (Å²) in [6.07, 6.45) is 3.83. The third-order valence-corrected chi connectivity index (χ3v) is 5.62. The van der Waals surface area contributed by atoms with Crippen molar-refractivity contribution in [2.45, 2.75) is 12.8 Å². The van der Waals surface area contributed by atoms with Crippen molar-refractivity contribution in [3.63, 3.8) is 0 Å². The molecule has 7 heteroatoms. The summed E-state index contributed by atoms with van der Waals surface area (Å²) < 4.78 is 1.78. The lowest BCUT2D eigenvalue weighted by Crippen LogP contribution is -2.28. The number of aromatic nitrogens is 3. The lowest BCUT2D eigenvalue weighted by molar-refractivity contribution is -0.119. The molecule has 0 unspecified atom stereocenters. The number of hydrogen-bond donors (Lipinski definition) is 2. The zero-order chi connectivity index (χ0) is 18.1. The van der Waals surface area contributed by atoms with Crippen molar-refractivity contribution >= 4 is 22.4 Å². The van der Waals surface area contributed by atoms with E-state index in [-0.39, 0.29) is 17.7 Å². The molecule has 0 bridgehead atoms. The highest BCUT2D eigenvalue weighted by molar-refractivity contribution is 7.14. The number of thiazole rings is 1. The van der Waals surface area contributed by atoms with E-state index < -0.39 is 0 Å². The summed E-state index contributed by atoms with van der Waals surface area (Å²) in [5.41, 5.74) is 4.27. The number of carbonyl (C=O) groups is 1. The van der Waals surface area contributed by atoms with E-state index in [1.54, 1.807) is 4.68 Å². The van der Waals surface area contributed by atoms with E-state index in [0.717, 1.165) is 23.4 Å². The van der Waals surface area contributed by atoms with Gasteiger partial charge in [-0.2, -0.15) is 5.10 Å². The average molecular weight is 367 g/mol. The van der Waals surface area contributed by atoms with Crippen molar-refractivity contribution in [1.29, 1.82) is 0 Å². The van der Waals surface area contributed by atoms with Crippen LogP contribution in [0.1, 0.15) is 17.0 Å². The van der Waals surface area contributed by atoms with Crippen molar-refractivity contribution in [3.8, 4) is 11.3 Å². The molecular weight excluding hydrogens is 346 g/mol. The van der Waals surface area contributed by atoms with Crippen LogP contribution in [0.25, 0.3) is 11.3 Å². The van der Waals surface area contributed by atoms with Crippen molar-refractivity contribution in [1.82, 2.24) is 20.1 Å². The molecule has 1 fully saturated rings. The van der Waals surface area contributed by atoms with Crippen LogP contribution >= 0.6 is 11.3 Å². The van der Waals surface area contributed by atoms with Crippen LogP contribution in [0.3, 0.4) is 0 Å². The van der Waals surface area contributed by atoms with Gasteiger partial charge in [-0.15, -0.1) is 11.3 Å². The van der Waals surface area contributed by atoms with Gasteiger partial charge in [0.15, 0.2) is 5.13 Å². The lowest BCUT2D eigenvalue weighted by atomic mass is 9.90. The minimum atomic E-state index is -0.120. The van der Waals surface area contributed by atoms with E-state index in [1.165, 1.54) is 16.9 Å². The molecule has 6 nitrogen and oxygen atoms in total. The molecule has 134 valence electrons. The Kier molecular flexibility index (Phi) is 4.57. The Labute approximate surface area is 156 Å². The third-order valence-electron chi connectivity index (χ3n) is 4.86.